The minimum Gasteiger partial charge on any atom is -0.354 e. The molecule has 2 atom stereocenters. The van der Waals surface area contributed by atoms with Crippen LogP contribution in [0.4, 0.5) is 0 Å². The summed E-state index contributed by atoms with van der Waals surface area (Å²) in [5.74, 6) is -1.18. The van der Waals surface area contributed by atoms with E-state index in [1.54, 1.807) is 39.3 Å². The zero-order chi connectivity index (χ0) is 35.0. The number of benzene rings is 1. The molecular formula is C34H48N8O6. The van der Waals surface area contributed by atoms with Gasteiger partial charge < -0.3 is 25.8 Å². The van der Waals surface area contributed by atoms with Gasteiger partial charge in [0.05, 0.1) is 22.3 Å². The van der Waals surface area contributed by atoms with Crippen LogP contribution in [0.3, 0.4) is 0 Å². The van der Waals surface area contributed by atoms with Crippen LogP contribution in [0.2, 0.25) is 0 Å². The lowest BCUT2D eigenvalue weighted by molar-refractivity contribution is -0.132. The zero-order valence-corrected chi connectivity index (χ0v) is 28.6. The first-order valence-corrected chi connectivity index (χ1v) is 16.8. The Labute approximate surface area is 280 Å². The van der Waals surface area contributed by atoms with Gasteiger partial charge in [0.15, 0.2) is 5.78 Å². The average molecular weight is 665 g/mol. The Hall–Kier alpha value is -4.75. The number of nitrogens with one attached hydrogen (secondary N) is 4. The van der Waals surface area contributed by atoms with E-state index in [1.807, 2.05) is 20.8 Å². The van der Waals surface area contributed by atoms with Crippen molar-refractivity contribution < 1.29 is 24.0 Å². The maximum absolute atomic E-state index is 13.5. The maximum atomic E-state index is 13.5. The summed E-state index contributed by atoms with van der Waals surface area (Å²) in [6, 6.07) is 4.30. The van der Waals surface area contributed by atoms with Gasteiger partial charge in [0, 0.05) is 63.4 Å². The molecule has 4 amide bonds. The van der Waals surface area contributed by atoms with Crippen LogP contribution in [-0.2, 0) is 27.5 Å². The molecule has 0 saturated carbocycles. The Balaban J connectivity index is 1.51. The highest BCUT2D eigenvalue weighted by atomic mass is 16.2. The second-order valence-corrected chi connectivity index (χ2v) is 12.6. The molecule has 14 nitrogen and oxygen atoms in total. The summed E-state index contributed by atoms with van der Waals surface area (Å²) in [5, 5.41) is 13.1. The van der Waals surface area contributed by atoms with Gasteiger partial charge in [0.1, 0.15) is 6.04 Å². The number of nitrogens with zero attached hydrogens (tertiary/aromatic N) is 4. The summed E-state index contributed by atoms with van der Waals surface area (Å²) < 4.78 is 3.22. The number of aromatic nitrogens is 4. The standard InChI is InChI=1S/C34H48N8O6/c1-6-21(2)31-33(47)36-15-9-18-41-27-20-25(11-12-26(27)37-34(41)48)32(46)35-14-8-17-40(16-7-10-28(44)38-31)29(45)13-19-42-23(4)30(24(5)43)22(3)39-42/h11-12,20-21,31H,6-10,13-19H2,1-5H3,(H,35,46)(H,36,47)(H,37,48)(H,38,44)/t21-,31-/m0/s1. The third kappa shape index (κ3) is 8.78. The zero-order valence-electron chi connectivity index (χ0n) is 28.6. The highest BCUT2D eigenvalue weighted by Crippen LogP contribution is 2.16. The van der Waals surface area contributed by atoms with Gasteiger partial charge in [-0.05, 0) is 64.2 Å². The molecule has 0 aliphatic carbocycles. The number of carbonyl (C=O) groups is 5. The van der Waals surface area contributed by atoms with Gasteiger partial charge in [0.2, 0.25) is 17.7 Å². The van der Waals surface area contributed by atoms with E-state index in [1.165, 1.54) is 6.92 Å². The molecule has 1 aliphatic heterocycles. The van der Waals surface area contributed by atoms with E-state index in [0.717, 1.165) is 0 Å². The molecule has 0 spiro atoms. The van der Waals surface area contributed by atoms with Crippen LogP contribution in [-0.4, -0.2) is 85.9 Å². The van der Waals surface area contributed by atoms with Crippen LogP contribution in [0.5, 0.6) is 0 Å². The van der Waals surface area contributed by atoms with Gasteiger partial charge in [-0.15, -0.1) is 0 Å². The monoisotopic (exact) mass is 664 g/mol. The quantitative estimate of drug-likeness (QED) is 0.292. The Morgan fingerprint density at radius 2 is 1.71 bits per heavy atom. The number of hydrogen-bond acceptors (Lipinski definition) is 7. The van der Waals surface area contributed by atoms with Gasteiger partial charge in [-0.3, -0.25) is 33.2 Å². The van der Waals surface area contributed by atoms with Gasteiger partial charge in [-0.1, -0.05) is 20.3 Å². The van der Waals surface area contributed by atoms with E-state index in [0.29, 0.717) is 98.5 Å². The van der Waals surface area contributed by atoms with Gasteiger partial charge in [-0.2, -0.15) is 5.10 Å². The molecule has 0 unspecified atom stereocenters. The fraction of sp³-hybridized carbons (Fsp3) is 0.559. The van der Waals surface area contributed by atoms with E-state index in [4.69, 9.17) is 0 Å². The highest BCUT2D eigenvalue weighted by molar-refractivity contribution is 5.97. The van der Waals surface area contributed by atoms with Crippen LogP contribution < -0.4 is 21.6 Å². The second kappa shape index (κ2) is 16.4. The van der Waals surface area contributed by atoms with Crippen molar-refractivity contribution in [3.8, 4) is 0 Å². The first-order chi connectivity index (χ1) is 22.9. The number of rotatable bonds is 6. The minimum absolute atomic E-state index is 0.0762. The van der Waals surface area contributed by atoms with E-state index in [-0.39, 0.29) is 53.9 Å². The maximum Gasteiger partial charge on any atom is 0.326 e. The van der Waals surface area contributed by atoms with Gasteiger partial charge in [-0.25, -0.2) is 4.79 Å². The summed E-state index contributed by atoms with van der Waals surface area (Å²) in [6.45, 7) is 10.8. The molecule has 260 valence electrons. The number of ketones is 1. The molecule has 1 aromatic carbocycles. The molecular weight excluding hydrogens is 616 g/mol. The first kappa shape index (κ1) is 36.1. The van der Waals surface area contributed by atoms with Crippen molar-refractivity contribution in [3.63, 3.8) is 0 Å². The topological polar surface area (TPSA) is 180 Å². The molecule has 0 saturated heterocycles. The van der Waals surface area contributed by atoms with E-state index in [2.05, 4.69) is 26.0 Å². The molecule has 48 heavy (non-hydrogen) atoms. The van der Waals surface area contributed by atoms with Crippen molar-refractivity contribution in [2.45, 2.75) is 92.3 Å². The number of hydrogen-bond donors (Lipinski definition) is 4. The second-order valence-electron chi connectivity index (χ2n) is 12.6. The predicted molar refractivity (Wildman–Crippen MR) is 181 cm³/mol. The number of amides is 4. The SMILES string of the molecule is CC[C@H](C)[C@@H]1NC(=O)CCCN(C(=O)CCn2nc(C)c(C(C)=O)c2C)CCCNC(=O)c2ccc3[nH]c(=O)n(c3c2)CCCNC1=O. The highest BCUT2D eigenvalue weighted by Gasteiger charge is 2.26. The number of aromatic amines is 1. The van der Waals surface area contributed by atoms with Crippen LogP contribution in [0.25, 0.3) is 11.0 Å². The molecule has 3 heterocycles. The number of aryl methyl sites for hydroxylation is 3. The van der Waals surface area contributed by atoms with Crippen molar-refractivity contribution in [1.29, 1.82) is 0 Å². The van der Waals surface area contributed by atoms with Crippen LogP contribution in [0.1, 0.15) is 91.4 Å². The smallest absolute Gasteiger partial charge is 0.326 e. The van der Waals surface area contributed by atoms with Crippen molar-refractivity contribution in [3.05, 3.63) is 51.2 Å². The molecule has 2 bridgehead atoms. The van der Waals surface area contributed by atoms with Crippen molar-refractivity contribution in [2.24, 2.45) is 5.92 Å². The predicted octanol–water partition coefficient (Wildman–Crippen LogP) is 2.22. The molecule has 4 rings (SSSR count). The lowest BCUT2D eigenvalue weighted by atomic mass is 9.98. The Kier molecular flexibility index (Phi) is 12.3. The fourth-order valence-corrected chi connectivity index (χ4v) is 6.17. The summed E-state index contributed by atoms with van der Waals surface area (Å²) >= 11 is 0. The summed E-state index contributed by atoms with van der Waals surface area (Å²) in [7, 11) is 0. The minimum atomic E-state index is -0.717. The summed E-state index contributed by atoms with van der Waals surface area (Å²) in [4.78, 5) is 81.9. The Morgan fingerprint density at radius 3 is 2.42 bits per heavy atom. The van der Waals surface area contributed by atoms with E-state index < -0.39 is 6.04 Å². The molecule has 1 aliphatic rings. The van der Waals surface area contributed by atoms with E-state index >= 15 is 0 Å². The number of imidazole rings is 1. The number of fused-ring (bicyclic) bond motifs is 1. The third-order valence-electron chi connectivity index (χ3n) is 9.05. The van der Waals surface area contributed by atoms with Crippen molar-refractivity contribution in [2.75, 3.05) is 26.2 Å². The normalized spacial score (nSPS) is 18.1. The Morgan fingerprint density at radius 1 is 1.00 bits per heavy atom. The molecule has 2 aromatic heterocycles. The molecule has 3 aromatic rings. The number of carbonyl (C=O) groups excluding carboxylic acids is 5. The van der Waals surface area contributed by atoms with Crippen molar-refractivity contribution >= 4 is 40.4 Å². The summed E-state index contributed by atoms with van der Waals surface area (Å²) in [6.07, 6.45) is 2.29. The fourth-order valence-electron chi connectivity index (χ4n) is 6.17. The molecule has 4 N–H and O–H groups in total. The van der Waals surface area contributed by atoms with E-state index in [9.17, 15) is 28.8 Å². The lowest BCUT2D eigenvalue weighted by Crippen LogP contribution is -2.50. The van der Waals surface area contributed by atoms with Crippen molar-refractivity contribution in [1.82, 2.24) is 40.2 Å². The first-order valence-electron chi connectivity index (χ1n) is 16.8. The van der Waals surface area contributed by atoms with Crippen LogP contribution in [0.15, 0.2) is 23.0 Å². The van der Waals surface area contributed by atoms with Crippen LogP contribution in [0, 0.1) is 19.8 Å². The summed E-state index contributed by atoms with van der Waals surface area (Å²) in [5.41, 5.74) is 3.18. The third-order valence-corrected chi connectivity index (χ3v) is 9.05. The van der Waals surface area contributed by atoms with Gasteiger partial charge >= 0.3 is 5.69 Å². The number of Topliss-reactive ketones (excluding diaryl/α,β-unsaturated/α-hetero) is 1. The molecule has 0 radical (unpaired) electrons. The van der Waals surface area contributed by atoms with Gasteiger partial charge in [0.25, 0.3) is 5.91 Å². The Bertz CT molecular complexity index is 1720. The largest absolute Gasteiger partial charge is 0.354 e. The molecule has 14 heteroatoms. The number of H-pyrrole nitrogens is 1. The van der Waals surface area contributed by atoms with Crippen LogP contribution >= 0.6 is 0 Å². The average Bonchev–Trinajstić information content (AvgIpc) is 3.53. The molecule has 0 fully saturated rings. The lowest BCUT2D eigenvalue weighted by Gasteiger charge is -2.25.